The molecule has 2 aliphatic heterocycles. The Bertz CT molecular complexity index is 706. The first-order valence-electron chi connectivity index (χ1n) is 7.38. The molecule has 108 valence electrons. The van der Waals surface area contributed by atoms with Gasteiger partial charge in [0.1, 0.15) is 6.04 Å². The fraction of sp³-hybridized carbons (Fsp3) is 0.375. The number of hydrogen-bond acceptors (Lipinski definition) is 3. The Labute approximate surface area is 123 Å². The number of carbonyl (C=O) groups excluding carboxylic acids is 1. The zero-order valence-corrected chi connectivity index (χ0v) is 12.0. The molecule has 1 N–H and O–H groups in total. The van der Waals surface area contributed by atoms with Crippen LogP contribution < -0.4 is 5.32 Å². The molecule has 1 amide bonds. The molecule has 0 saturated carbocycles. The predicted molar refractivity (Wildman–Crippen MR) is 81.1 cm³/mol. The van der Waals surface area contributed by atoms with Gasteiger partial charge in [-0.2, -0.15) is 0 Å². The lowest BCUT2D eigenvalue weighted by Crippen LogP contribution is -2.24. The lowest BCUT2D eigenvalue weighted by atomic mass is 10.0. The third-order valence-electron chi connectivity index (χ3n) is 4.52. The first-order valence-corrected chi connectivity index (χ1v) is 7.38. The smallest absolute Gasteiger partial charge is 0.245 e. The van der Waals surface area contributed by atoms with Crippen molar-refractivity contribution in [1.29, 1.82) is 0 Å². The highest BCUT2D eigenvalue weighted by Gasteiger charge is 2.32. The first-order chi connectivity index (χ1) is 10.3. The fourth-order valence-corrected chi connectivity index (χ4v) is 3.38. The van der Waals surface area contributed by atoms with E-state index in [4.69, 9.17) is 0 Å². The number of likely N-dealkylation sites (N-methyl/N-ethyl adjacent to an activating group) is 1. The molecule has 21 heavy (non-hydrogen) atoms. The molecule has 1 fully saturated rings. The molecule has 5 heteroatoms. The van der Waals surface area contributed by atoms with Gasteiger partial charge in [-0.15, -0.1) is 0 Å². The summed E-state index contributed by atoms with van der Waals surface area (Å²) in [4.78, 5) is 18.4. The minimum atomic E-state index is -0.121. The molecule has 1 atom stereocenters. The molecule has 0 radical (unpaired) electrons. The van der Waals surface area contributed by atoms with Crippen molar-refractivity contribution in [1.82, 2.24) is 14.5 Å². The molecule has 4 rings (SSSR count). The van der Waals surface area contributed by atoms with E-state index in [2.05, 4.69) is 28.5 Å². The maximum Gasteiger partial charge on any atom is 0.245 e. The number of fused-ring (bicyclic) bond motifs is 1. The number of rotatable bonds is 2. The number of amides is 1. The molecule has 0 bridgehead atoms. The molecule has 2 aliphatic rings. The Morgan fingerprint density at radius 2 is 2.29 bits per heavy atom. The monoisotopic (exact) mass is 282 g/mol. The van der Waals surface area contributed by atoms with E-state index in [0.29, 0.717) is 0 Å². The number of nitrogens with zero attached hydrogens (tertiary/aromatic N) is 3. The van der Waals surface area contributed by atoms with Crippen LogP contribution in [-0.4, -0.2) is 40.5 Å². The summed E-state index contributed by atoms with van der Waals surface area (Å²) >= 11 is 0. The molecular weight excluding hydrogens is 264 g/mol. The Balaban J connectivity index is 1.80. The first kappa shape index (κ1) is 12.4. The molecule has 3 heterocycles. The van der Waals surface area contributed by atoms with Crippen molar-refractivity contribution in [2.45, 2.75) is 18.9 Å². The largest absolute Gasteiger partial charge is 0.384 e. The van der Waals surface area contributed by atoms with Crippen molar-refractivity contribution < 1.29 is 4.79 Å². The molecule has 5 nitrogen and oxygen atoms in total. The van der Waals surface area contributed by atoms with Crippen LogP contribution in [0.5, 0.6) is 0 Å². The van der Waals surface area contributed by atoms with Crippen LogP contribution in [0, 0.1) is 0 Å². The van der Waals surface area contributed by atoms with Crippen LogP contribution in [-0.2, 0) is 11.2 Å². The van der Waals surface area contributed by atoms with Crippen molar-refractivity contribution in [3.63, 3.8) is 0 Å². The highest BCUT2D eigenvalue weighted by molar-refractivity contribution is 5.85. The molecule has 1 aromatic heterocycles. The number of para-hydroxylation sites is 1. The lowest BCUT2D eigenvalue weighted by Gasteiger charge is -2.16. The third kappa shape index (κ3) is 1.84. The topological polar surface area (TPSA) is 50.2 Å². The van der Waals surface area contributed by atoms with Gasteiger partial charge >= 0.3 is 0 Å². The SMILES string of the molecule is CN1CCC(n2cncc2-c2cccc3c2NCC3)C1=O. The van der Waals surface area contributed by atoms with Crippen LogP contribution >= 0.6 is 0 Å². The van der Waals surface area contributed by atoms with Gasteiger partial charge in [0.05, 0.1) is 18.2 Å². The maximum absolute atomic E-state index is 12.3. The summed E-state index contributed by atoms with van der Waals surface area (Å²) in [6.07, 6.45) is 5.55. The van der Waals surface area contributed by atoms with Crippen molar-refractivity contribution in [3.05, 3.63) is 36.3 Å². The molecule has 0 spiro atoms. The normalized spacial score (nSPS) is 20.7. The van der Waals surface area contributed by atoms with Gasteiger partial charge in [0.15, 0.2) is 0 Å². The van der Waals surface area contributed by atoms with E-state index >= 15 is 0 Å². The second-order valence-corrected chi connectivity index (χ2v) is 5.77. The van der Waals surface area contributed by atoms with E-state index in [1.54, 1.807) is 11.2 Å². The van der Waals surface area contributed by atoms with Crippen LogP contribution in [0.2, 0.25) is 0 Å². The van der Waals surface area contributed by atoms with Gasteiger partial charge < -0.3 is 14.8 Å². The predicted octanol–water partition coefficient (Wildman–Crippen LogP) is 1.92. The molecule has 0 aliphatic carbocycles. The number of carbonyl (C=O) groups is 1. The number of anilines is 1. The molecule has 1 aromatic carbocycles. The van der Waals surface area contributed by atoms with Gasteiger partial charge in [0, 0.05) is 31.4 Å². The molecule has 2 aromatic rings. The van der Waals surface area contributed by atoms with E-state index in [0.717, 1.165) is 37.2 Å². The van der Waals surface area contributed by atoms with Gasteiger partial charge in [-0.3, -0.25) is 4.79 Å². The van der Waals surface area contributed by atoms with Crippen LogP contribution in [0.15, 0.2) is 30.7 Å². The molecule has 1 unspecified atom stereocenters. The van der Waals surface area contributed by atoms with Crippen LogP contribution in [0.1, 0.15) is 18.0 Å². The number of likely N-dealkylation sites (tertiary alicyclic amines) is 1. The van der Waals surface area contributed by atoms with Gasteiger partial charge in [-0.05, 0) is 18.4 Å². The zero-order valence-electron chi connectivity index (χ0n) is 12.0. The second kappa shape index (κ2) is 4.62. The van der Waals surface area contributed by atoms with Crippen LogP contribution in [0.25, 0.3) is 11.3 Å². The van der Waals surface area contributed by atoms with Crippen LogP contribution in [0.3, 0.4) is 0 Å². The van der Waals surface area contributed by atoms with Crippen molar-refractivity contribution in [3.8, 4) is 11.3 Å². The van der Waals surface area contributed by atoms with Gasteiger partial charge in [0.25, 0.3) is 0 Å². The summed E-state index contributed by atoms with van der Waals surface area (Å²) in [6, 6.07) is 6.23. The number of hydrogen-bond donors (Lipinski definition) is 1. The maximum atomic E-state index is 12.3. The Morgan fingerprint density at radius 3 is 3.10 bits per heavy atom. The van der Waals surface area contributed by atoms with Gasteiger partial charge in [-0.25, -0.2) is 4.98 Å². The average Bonchev–Trinajstić information content (AvgIpc) is 3.20. The molecule has 1 saturated heterocycles. The number of nitrogens with one attached hydrogen (secondary N) is 1. The summed E-state index contributed by atoms with van der Waals surface area (Å²) in [6.45, 7) is 1.79. The third-order valence-corrected chi connectivity index (χ3v) is 4.52. The molecular formula is C16H18N4O. The van der Waals surface area contributed by atoms with Gasteiger partial charge in [0.2, 0.25) is 5.91 Å². The number of imidazole rings is 1. The summed E-state index contributed by atoms with van der Waals surface area (Å²) in [5.41, 5.74) is 4.70. The van der Waals surface area contributed by atoms with E-state index in [1.165, 1.54) is 11.3 Å². The van der Waals surface area contributed by atoms with E-state index < -0.39 is 0 Å². The zero-order chi connectivity index (χ0) is 14.4. The average molecular weight is 282 g/mol. The number of aromatic nitrogens is 2. The minimum Gasteiger partial charge on any atom is -0.384 e. The van der Waals surface area contributed by atoms with E-state index in [-0.39, 0.29) is 11.9 Å². The van der Waals surface area contributed by atoms with Crippen molar-refractivity contribution >= 4 is 11.6 Å². The highest BCUT2D eigenvalue weighted by atomic mass is 16.2. The summed E-state index contributed by atoms with van der Waals surface area (Å²) in [5.74, 6) is 0.176. The van der Waals surface area contributed by atoms with Crippen molar-refractivity contribution in [2.75, 3.05) is 25.5 Å². The minimum absolute atomic E-state index is 0.121. The summed E-state index contributed by atoms with van der Waals surface area (Å²) in [7, 11) is 1.86. The Hall–Kier alpha value is -2.30. The summed E-state index contributed by atoms with van der Waals surface area (Å²) in [5, 5.41) is 3.46. The Kier molecular flexibility index (Phi) is 2.74. The Morgan fingerprint density at radius 1 is 1.38 bits per heavy atom. The van der Waals surface area contributed by atoms with Crippen molar-refractivity contribution in [2.24, 2.45) is 0 Å². The van der Waals surface area contributed by atoms with Gasteiger partial charge in [-0.1, -0.05) is 18.2 Å². The summed E-state index contributed by atoms with van der Waals surface area (Å²) < 4.78 is 2.03. The van der Waals surface area contributed by atoms with Crippen LogP contribution in [0.4, 0.5) is 5.69 Å². The van der Waals surface area contributed by atoms with E-state index in [9.17, 15) is 4.79 Å². The standard InChI is InChI=1S/C16H18N4O/c1-19-8-6-13(16(19)21)20-10-17-9-14(20)12-4-2-3-11-5-7-18-15(11)12/h2-4,9-10,13,18H,5-8H2,1H3. The second-order valence-electron chi connectivity index (χ2n) is 5.77. The quantitative estimate of drug-likeness (QED) is 0.915. The highest BCUT2D eigenvalue weighted by Crippen LogP contribution is 2.36. The van der Waals surface area contributed by atoms with E-state index in [1.807, 2.05) is 17.8 Å². The number of benzene rings is 1. The lowest BCUT2D eigenvalue weighted by molar-refractivity contribution is -0.129. The fourth-order valence-electron chi connectivity index (χ4n) is 3.38.